The monoisotopic (exact) mass is 279 g/mol. The van der Waals surface area contributed by atoms with Crippen LogP contribution in [0.2, 0.25) is 0 Å². The van der Waals surface area contributed by atoms with Crippen LogP contribution in [0.4, 0.5) is 0 Å². The Hall–Kier alpha value is -1.89. The average Bonchev–Trinajstić information content (AvgIpc) is 2.75. The van der Waals surface area contributed by atoms with Crippen molar-refractivity contribution in [1.29, 1.82) is 0 Å². The van der Waals surface area contributed by atoms with Gasteiger partial charge in [-0.05, 0) is 26.3 Å². The molecule has 0 aliphatic rings. The lowest BCUT2D eigenvalue weighted by molar-refractivity contribution is 0.606. The van der Waals surface area contributed by atoms with Crippen LogP contribution in [0, 0.1) is 6.92 Å². The number of nitrogens with zero attached hydrogens (tertiary/aromatic N) is 4. The van der Waals surface area contributed by atoms with Crippen molar-refractivity contribution in [3.63, 3.8) is 0 Å². The van der Waals surface area contributed by atoms with E-state index in [2.05, 4.69) is 4.98 Å². The molecule has 0 aliphatic carbocycles. The smallest absolute Gasteiger partial charge is 0.330 e. The minimum Gasteiger partial charge on any atom is -0.330 e. The molecule has 0 bridgehead atoms. The number of hydrogen-bond acceptors (Lipinski definition) is 4. The molecule has 0 amide bonds. The van der Waals surface area contributed by atoms with Crippen molar-refractivity contribution in [2.45, 2.75) is 39.8 Å². The Morgan fingerprint density at radius 2 is 1.90 bits per heavy atom. The SMILES string of the molecule is CCCn1c(=O)n(C)c(=O)c2c1nc(C)n2CCCN. The first kappa shape index (κ1) is 14.5. The maximum absolute atomic E-state index is 12.4. The van der Waals surface area contributed by atoms with Crippen molar-refractivity contribution >= 4 is 11.2 Å². The highest BCUT2D eigenvalue weighted by Gasteiger charge is 2.17. The zero-order valence-corrected chi connectivity index (χ0v) is 12.2. The van der Waals surface area contributed by atoms with E-state index < -0.39 is 0 Å². The van der Waals surface area contributed by atoms with Crippen LogP contribution in [0.15, 0.2) is 9.59 Å². The molecule has 2 heterocycles. The molecule has 0 saturated carbocycles. The molecule has 20 heavy (non-hydrogen) atoms. The van der Waals surface area contributed by atoms with Crippen LogP contribution in [0.3, 0.4) is 0 Å². The zero-order valence-electron chi connectivity index (χ0n) is 12.2. The highest BCUT2D eigenvalue weighted by Crippen LogP contribution is 2.11. The van der Waals surface area contributed by atoms with Crippen molar-refractivity contribution in [2.75, 3.05) is 6.54 Å². The van der Waals surface area contributed by atoms with Gasteiger partial charge >= 0.3 is 5.69 Å². The molecule has 0 radical (unpaired) electrons. The standard InChI is InChI=1S/C13H21N5O2/c1-4-7-18-11-10(12(19)16(3)13(18)20)17(8-5-6-14)9(2)15-11/h4-8,14H2,1-3H3. The lowest BCUT2D eigenvalue weighted by atomic mass is 10.4. The number of fused-ring (bicyclic) bond motifs is 1. The van der Waals surface area contributed by atoms with Crippen LogP contribution >= 0.6 is 0 Å². The van der Waals surface area contributed by atoms with Gasteiger partial charge in [-0.25, -0.2) is 9.78 Å². The lowest BCUT2D eigenvalue weighted by Gasteiger charge is -2.09. The second kappa shape index (κ2) is 5.62. The Bertz CT molecular complexity index is 738. The van der Waals surface area contributed by atoms with Crippen molar-refractivity contribution in [3.8, 4) is 0 Å². The molecule has 110 valence electrons. The van der Waals surface area contributed by atoms with Crippen LogP contribution < -0.4 is 17.0 Å². The molecule has 7 nitrogen and oxygen atoms in total. The third-order valence-corrected chi connectivity index (χ3v) is 3.45. The van der Waals surface area contributed by atoms with Gasteiger partial charge < -0.3 is 10.3 Å². The third kappa shape index (κ3) is 2.18. The Morgan fingerprint density at radius 3 is 2.50 bits per heavy atom. The Balaban J connectivity index is 2.82. The van der Waals surface area contributed by atoms with Crippen molar-refractivity contribution < 1.29 is 0 Å². The van der Waals surface area contributed by atoms with Gasteiger partial charge in [-0.15, -0.1) is 0 Å². The average molecular weight is 279 g/mol. The van der Waals surface area contributed by atoms with E-state index in [1.807, 2.05) is 18.4 Å². The Labute approximate surface area is 116 Å². The first-order chi connectivity index (χ1) is 9.52. The predicted molar refractivity (Wildman–Crippen MR) is 77.9 cm³/mol. The van der Waals surface area contributed by atoms with E-state index in [9.17, 15) is 9.59 Å². The minimum absolute atomic E-state index is 0.296. The summed E-state index contributed by atoms with van der Waals surface area (Å²) in [6, 6.07) is 0. The molecule has 2 rings (SSSR count). The molecule has 7 heteroatoms. The molecule has 0 spiro atoms. The molecule has 0 saturated heterocycles. The fraction of sp³-hybridized carbons (Fsp3) is 0.615. The van der Waals surface area contributed by atoms with E-state index in [1.54, 1.807) is 4.57 Å². The summed E-state index contributed by atoms with van der Waals surface area (Å²) >= 11 is 0. The Morgan fingerprint density at radius 1 is 1.20 bits per heavy atom. The number of nitrogens with two attached hydrogens (primary N) is 1. The fourth-order valence-electron chi connectivity index (χ4n) is 2.41. The van der Waals surface area contributed by atoms with Crippen LogP contribution in [0.1, 0.15) is 25.6 Å². The molecule has 0 fully saturated rings. The van der Waals surface area contributed by atoms with E-state index in [4.69, 9.17) is 5.73 Å². The van der Waals surface area contributed by atoms with Gasteiger partial charge in [0.2, 0.25) is 0 Å². The van der Waals surface area contributed by atoms with Crippen LogP contribution in [0.25, 0.3) is 11.2 Å². The number of imidazole rings is 1. The van der Waals surface area contributed by atoms with E-state index in [1.165, 1.54) is 7.05 Å². The maximum Gasteiger partial charge on any atom is 0.332 e. The second-order valence-corrected chi connectivity index (χ2v) is 4.92. The first-order valence-corrected chi connectivity index (χ1v) is 6.89. The van der Waals surface area contributed by atoms with Gasteiger partial charge in [-0.3, -0.25) is 13.9 Å². The predicted octanol–water partition coefficient (Wildman–Crippen LogP) is -0.0361. The highest BCUT2D eigenvalue weighted by atomic mass is 16.2. The van der Waals surface area contributed by atoms with Gasteiger partial charge in [-0.2, -0.15) is 0 Å². The number of aromatic nitrogens is 4. The number of aryl methyl sites for hydroxylation is 3. The quantitative estimate of drug-likeness (QED) is 0.832. The molecule has 2 N–H and O–H groups in total. The van der Waals surface area contributed by atoms with Gasteiger partial charge in [0.15, 0.2) is 11.2 Å². The van der Waals surface area contributed by atoms with E-state index in [-0.39, 0.29) is 11.2 Å². The summed E-state index contributed by atoms with van der Waals surface area (Å²) in [6.45, 7) is 5.57. The van der Waals surface area contributed by atoms with E-state index >= 15 is 0 Å². The first-order valence-electron chi connectivity index (χ1n) is 6.89. The zero-order chi connectivity index (χ0) is 14.9. The van der Waals surface area contributed by atoms with E-state index in [0.717, 1.165) is 23.2 Å². The maximum atomic E-state index is 12.4. The molecule has 2 aromatic rings. The molecule has 0 aliphatic heterocycles. The topological polar surface area (TPSA) is 87.8 Å². The summed E-state index contributed by atoms with van der Waals surface area (Å²) in [5.41, 5.74) is 5.90. The summed E-state index contributed by atoms with van der Waals surface area (Å²) in [5, 5.41) is 0. The summed E-state index contributed by atoms with van der Waals surface area (Å²) in [4.78, 5) is 29.0. The number of hydrogen-bond donors (Lipinski definition) is 1. The van der Waals surface area contributed by atoms with Crippen molar-refractivity contribution in [2.24, 2.45) is 12.8 Å². The van der Waals surface area contributed by atoms with Gasteiger partial charge in [0.1, 0.15) is 5.82 Å². The molecular formula is C13H21N5O2. The summed E-state index contributed by atoms with van der Waals surface area (Å²) < 4.78 is 4.58. The summed E-state index contributed by atoms with van der Waals surface area (Å²) in [6.07, 6.45) is 1.57. The summed E-state index contributed by atoms with van der Waals surface area (Å²) in [7, 11) is 1.51. The van der Waals surface area contributed by atoms with Crippen LogP contribution in [-0.2, 0) is 20.1 Å². The van der Waals surface area contributed by atoms with Gasteiger partial charge in [0, 0.05) is 20.1 Å². The van der Waals surface area contributed by atoms with Gasteiger partial charge in [0.05, 0.1) is 0 Å². The normalized spacial score (nSPS) is 11.4. The Kier molecular flexibility index (Phi) is 4.08. The molecule has 0 atom stereocenters. The molecule has 0 unspecified atom stereocenters. The fourth-order valence-corrected chi connectivity index (χ4v) is 2.41. The number of rotatable bonds is 5. The summed E-state index contributed by atoms with van der Waals surface area (Å²) in [5.74, 6) is 0.737. The van der Waals surface area contributed by atoms with Gasteiger partial charge in [-0.1, -0.05) is 6.92 Å². The lowest BCUT2D eigenvalue weighted by Crippen LogP contribution is -2.38. The van der Waals surface area contributed by atoms with Crippen LogP contribution in [-0.4, -0.2) is 25.2 Å². The van der Waals surface area contributed by atoms with Gasteiger partial charge in [0.25, 0.3) is 5.56 Å². The van der Waals surface area contributed by atoms with Crippen molar-refractivity contribution in [1.82, 2.24) is 18.7 Å². The molecular weight excluding hydrogens is 258 g/mol. The molecule has 0 aromatic carbocycles. The van der Waals surface area contributed by atoms with Crippen LogP contribution in [0.5, 0.6) is 0 Å². The highest BCUT2D eigenvalue weighted by molar-refractivity contribution is 5.71. The van der Waals surface area contributed by atoms with E-state index in [0.29, 0.717) is 30.8 Å². The minimum atomic E-state index is -0.312. The second-order valence-electron chi connectivity index (χ2n) is 4.92. The third-order valence-electron chi connectivity index (χ3n) is 3.45. The van der Waals surface area contributed by atoms with Crippen molar-refractivity contribution in [3.05, 3.63) is 26.7 Å². The molecule has 2 aromatic heterocycles. The largest absolute Gasteiger partial charge is 0.332 e.